The molecule has 0 unspecified atom stereocenters. The summed E-state index contributed by atoms with van der Waals surface area (Å²) < 4.78 is 0. The van der Waals surface area contributed by atoms with Gasteiger partial charge >= 0.3 is 0 Å². The van der Waals surface area contributed by atoms with Gasteiger partial charge < -0.3 is 10.3 Å². The number of benzene rings is 2. The number of H-pyrrole nitrogens is 1. The Morgan fingerprint density at radius 2 is 1.88 bits per heavy atom. The number of hydrogen-bond acceptors (Lipinski definition) is 1. The molecule has 2 N–H and O–H groups in total. The molecule has 0 bridgehead atoms. The number of halogens is 1. The minimum Gasteiger partial charge on any atom is -0.361 e. The first-order chi connectivity index (χ1) is 11.7. The average Bonchev–Trinajstić information content (AvgIpc) is 3.37. The molecule has 1 aliphatic carbocycles. The summed E-state index contributed by atoms with van der Waals surface area (Å²) in [6.45, 7) is 0.556. The fourth-order valence-electron chi connectivity index (χ4n) is 3.22. The van der Waals surface area contributed by atoms with Gasteiger partial charge in [0.15, 0.2) is 0 Å². The Hall–Kier alpha value is -2.26. The lowest BCUT2D eigenvalue weighted by Crippen LogP contribution is -2.30. The van der Waals surface area contributed by atoms with Crippen LogP contribution in [0.3, 0.4) is 0 Å². The number of hydrogen-bond donors (Lipinski definition) is 2. The summed E-state index contributed by atoms with van der Waals surface area (Å²) in [7, 11) is 0. The Morgan fingerprint density at radius 1 is 1.12 bits per heavy atom. The molecule has 1 atom stereocenters. The molecular formula is C20H19ClN2O. The first kappa shape index (κ1) is 15.3. The van der Waals surface area contributed by atoms with E-state index in [1.807, 2.05) is 42.6 Å². The van der Waals surface area contributed by atoms with E-state index in [-0.39, 0.29) is 17.7 Å². The van der Waals surface area contributed by atoms with Crippen LogP contribution in [0.2, 0.25) is 5.02 Å². The number of carbonyl (C=O) groups excluding carboxylic acids is 1. The zero-order valence-corrected chi connectivity index (χ0v) is 14.0. The third kappa shape index (κ3) is 2.92. The van der Waals surface area contributed by atoms with Gasteiger partial charge in [0.2, 0.25) is 5.91 Å². The molecule has 1 amide bonds. The molecule has 1 heterocycles. The lowest BCUT2D eigenvalue weighted by atomic mass is 9.90. The molecule has 1 aliphatic rings. The Labute approximate surface area is 146 Å². The van der Waals surface area contributed by atoms with Crippen molar-refractivity contribution in [1.29, 1.82) is 0 Å². The predicted octanol–water partition coefficient (Wildman–Crippen LogP) is 4.48. The number of amides is 1. The molecule has 2 aromatic carbocycles. The van der Waals surface area contributed by atoms with Crippen LogP contribution >= 0.6 is 11.6 Å². The quantitative estimate of drug-likeness (QED) is 0.707. The van der Waals surface area contributed by atoms with Gasteiger partial charge in [-0.2, -0.15) is 0 Å². The third-order valence-corrected chi connectivity index (χ3v) is 5.05. The number of rotatable bonds is 5. The minimum absolute atomic E-state index is 0.0255. The molecule has 4 rings (SSSR count). The molecular weight excluding hydrogens is 320 g/mol. The second kappa shape index (κ2) is 6.33. The van der Waals surface area contributed by atoms with Gasteiger partial charge in [-0.3, -0.25) is 4.79 Å². The topological polar surface area (TPSA) is 44.9 Å². The van der Waals surface area contributed by atoms with Crippen LogP contribution in [0.5, 0.6) is 0 Å². The van der Waals surface area contributed by atoms with E-state index >= 15 is 0 Å². The highest BCUT2D eigenvalue weighted by atomic mass is 35.5. The maximum absolute atomic E-state index is 12.1. The smallest absolute Gasteiger partial charge is 0.223 e. The van der Waals surface area contributed by atoms with Crippen LogP contribution in [-0.2, 0) is 4.79 Å². The van der Waals surface area contributed by atoms with Crippen molar-refractivity contribution in [1.82, 2.24) is 10.3 Å². The molecule has 24 heavy (non-hydrogen) atoms. The third-order valence-electron chi connectivity index (χ3n) is 4.71. The van der Waals surface area contributed by atoms with Crippen molar-refractivity contribution in [3.63, 3.8) is 0 Å². The lowest BCUT2D eigenvalue weighted by molar-refractivity contribution is -0.122. The lowest BCUT2D eigenvalue weighted by Gasteiger charge is -2.19. The fraction of sp³-hybridized carbons (Fsp3) is 0.250. The normalized spacial score (nSPS) is 15.4. The Bertz CT molecular complexity index is 882. The Morgan fingerprint density at radius 3 is 2.67 bits per heavy atom. The molecule has 0 radical (unpaired) electrons. The monoisotopic (exact) mass is 338 g/mol. The van der Waals surface area contributed by atoms with Gasteiger partial charge in [0, 0.05) is 40.5 Å². The summed E-state index contributed by atoms with van der Waals surface area (Å²) in [4.78, 5) is 15.4. The zero-order chi connectivity index (χ0) is 16.5. The first-order valence-corrected chi connectivity index (χ1v) is 8.70. The van der Waals surface area contributed by atoms with Crippen LogP contribution in [0.4, 0.5) is 0 Å². The van der Waals surface area contributed by atoms with Gasteiger partial charge in [0.1, 0.15) is 0 Å². The summed E-state index contributed by atoms with van der Waals surface area (Å²) in [5.41, 5.74) is 3.30. The molecule has 3 nitrogen and oxygen atoms in total. The first-order valence-electron chi connectivity index (χ1n) is 8.32. The van der Waals surface area contributed by atoms with E-state index in [1.54, 1.807) is 0 Å². The van der Waals surface area contributed by atoms with Gasteiger partial charge in [0.25, 0.3) is 0 Å². The Kier molecular flexibility index (Phi) is 4.03. The van der Waals surface area contributed by atoms with Crippen molar-refractivity contribution in [3.05, 3.63) is 70.9 Å². The molecule has 0 saturated heterocycles. The van der Waals surface area contributed by atoms with E-state index in [9.17, 15) is 4.79 Å². The van der Waals surface area contributed by atoms with Crippen molar-refractivity contribution in [3.8, 4) is 0 Å². The van der Waals surface area contributed by atoms with Crippen molar-refractivity contribution in [2.45, 2.75) is 18.8 Å². The molecule has 3 aromatic rings. The maximum atomic E-state index is 12.1. The van der Waals surface area contributed by atoms with Crippen LogP contribution < -0.4 is 5.32 Å². The number of aromatic nitrogens is 1. The second-order valence-electron chi connectivity index (χ2n) is 6.38. The fourth-order valence-corrected chi connectivity index (χ4v) is 3.49. The summed E-state index contributed by atoms with van der Waals surface area (Å²) in [6, 6.07) is 16.1. The van der Waals surface area contributed by atoms with Gasteiger partial charge in [-0.1, -0.05) is 48.0 Å². The van der Waals surface area contributed by atoms with Crippen molar-refractivity contribution in [2.75, 3.05) is 6.54 Å². The number of fused-ring (bicyclic) bond motifs is 1. The summed E-state index contributed by atoms with van der Waals surface area (Å²) in [5.74, 6) is 0.393. The van der Waals surface area contributed by atoms with E-state index in [1.165, 1.54) is 5.39 Å². The highest BCUT2D eigenvalue weighted by molar-refractivity contribution is 6.31. The summed E-state index contributed by atoms with van der Waals surface area (Å²) in [5, 5.41) is 5.01. The molecule has 1 saturated carbocycles. The number of aromatic amines is 1. The summed E-state index contributed by atoms with van der Waals surface area (Å²) >= 11 is 6.45. The maximum Gasteiger partial charge on any atom is 0.223 e. The van der Waals surface area contributed by atoms with E-state index in [0.29, 0.717) is 6.54 Å². The van der Waals surface area contributed by atoms with Gasteiger partial charge in [0.05, 0.1) is 0 Å². The van der Waals surface area contributed by atoms with Gasteiger partial charge in [-0.05, 0) is 36.1 Å². The van der Waals surface area contributed by atoms with E-state index in [2.05, 4.69) is 22.4 Å². The molecule has 1 fully saturated rings. The molecule has 1 aromatic heterocycles. The minimum atomic E-state index is 0.0255. The Balaban J connectivity index is 1.72. The molecule has 122 valence electrons. The van der Waals surface area contributed by atoms with Gasteiger partial charge in [-0.15, -0.1) is 0 Å². The van der Waals surface area contributed by atoms with Crippen molar-refractivity contribution in [2.24, 2.45) is 5.92 Å². The average molecular weight is 339 g/mol. The second-order valence-corrected chi connectivity index (χ2v) is 6.79. The van der Waals surface area contributed by atoms with Crippen LogP contribution in [0.1, 0.15) is 29.9 Å². The van der Waals surface area contributed by atoms with Gasteiger partial charge in [-0.25, -0.2) is 0 Å². The van der Waals surface area contributed by atoms with Crippen LogP contribution in [0, 0.1) is 5.92 Å². The SMILES string of the molecule is O=C(NC[C@@H](c1ccccc1Cl)c1c[nH]c2ccccc12)C1CC1. The highest BCUT2D eigenvalue weighted by Gasteiger charge is 2.30. The van der Waals surface area contributed by atoms with E-state index < -0.39 is 0 Å². The number of nitrogens with one attached hydrogen (secondary N) is 2. The number of carbonyl (C=O) groups is 1. The van der Waals surface area contributed by atoms with Crippen molar-refractivity contribution >= 4 is 28.4 Å². The largest absolute Gasteiger partial charge is 0.361 e. The number of para-hydroxylation sites is 1. The molecule has 4 heteroatoms. The van der Waals surface area contributed by atoms with Crippen LogP contribution in [-0.4, -0.2) is 17.4 Å². The van der Waals surface area contributed by atoms with Crippen LogP contribution in [0.15, 0.2) is 54.7 Å². The zero-order valence-electron chi connectivity index (χ0n) is 13.3. The van der Waals surface area contributed by atoms with E-state index in [4.69, 9.17) is 11.6 Å². The van der Waals surface area contributed by atoms with Crippen LogP contribution in [0.25, 0.3) is 10.9 Å². The molecule has 0 spiro atoms. The predicted molar refractivity (Wildman–Crippen MR) is 97.3 cm³/mol. The standard InChI is InChI=1S/C20H19ClN2O/c21-18-7-3-1-5-14(18)16(12-23-20(24)13-9-10-13)17-11-22-19-8-4-2-6-15(17)19/h1-8,11,13,16,22H,9-10,12H2,(H,23,24)/t16-/m0/s1. The summed E-state index contributed by atoms with van der Waals surface area (Å²) in [6.07, 6.45) is 4.05. The molecule has 0 aliphatic heterocycles. The highest BCUT2D eigenvalue weighted by Crippen LogP contribution is 2.34. The van der Waals surface area contributed by atoms with Crippen molar-refractivity contribution < 1.29 is 4.79 Å². The van der Waals surface area contributed by atoms with E-state index in [0.717, 1.165) is 34.5 Å².